The molecule has 1 aromatic rings. The van der Waals surface area contributed by atoms with E-state index in [1.165, 1.54) is 13.8 Å². The van der Waals surface area contributed by atoms with Crippen molar-refractivity contribution >= 4 is 5.97 Å². The lowest BCUT2D eigenvalue weighted by molar-refractivity contribution is -0.153. The van der Waals surface area contributed by atoms with Gasteiger partial charge in [0.1, 0.15) is 5.82 Å². The maximum absolute atomic E-state index is 13.8. The number of carboxylic acids is 1. The minimum atomic E-state index is -3.30. The molecule has 1 aromatic carbocycles. The molecule has 0 saturated heterocycles. The quantitative estimate of drug-likeness (QED) is 0.883. The van der Waals surface area contributed by atoms with Crippen molar-refractivity contribution in [1.82, 2.24) is 0 Å². The summed E-state index contributed by atoms with van der Waals surface area (Å²) < 4.78 is 40.1. The molecule has 0 unspecified atom stereocenters. The number of hydrogen-bond donors (Lipinski definition) is 1. The topological polar surface area (TPSA) is 37.3 Å². The summed E-state index contributed by atoms with van der Waals surface area (Å²) in [5, 5.41) is 8.80. The SMILES string of the molecule is CC(C)(CC(F)(F)c1ccc(F)cc1)C(=O)O. The van der Waals surface area contributed by atoms with E-state index < -0.39 is 29.5 Å². The van der Waals surface area contributed by atoms with Crippen LogP contribution in [0, 0.1) is 11.2 Å². The number of halogens is 3. The second-order valence-electron chi connectivity index (χ2n) is 4.58. The van der Waals surface area contributed by atoms with Crippen LogP contribution in [0.15, 0.2) is 24.3 Å². The maximum atomic E-state index is 13.8. The van der Waals surface area contributed by atoms with E-state index in [1.54, 1.807) is 0 Å². The van der Waals surface area contributed by atoms with Crippen LogP contribution < -0.4 is 0 Å². The molecule has 0 saturated carbocycles. The molecule has 17 heavy (non-hydrogen) atoms. The predicted molar refractivity (Wildman–Crippen MR) is 56.3 cm³/mol. The standard InChI is InChI=1S/C12H13F3O2/c1-11(2,10(16)17)7-12(14,15)8-3-5-9(13)6-4-8/h3-6H,7H2,1-2H3,(H,16,17). The largest absolute Gasteiger partial charge is 0.481 e. The molecular formula is C12H13F3O2. The zero-order chi connectivity index (χ0) is 13.3. The van der Waals surface area contributed by atoms with Crippen molar-refractivity contribution in [3.05, 3.63) is 35.6 Å². The van der Waals surface area contributed by atoms with Crippen molar-refractivity contribution in [3.63, 3.8) is 0 Å². The van der Waals surface area contributed by atoms with Crippen LogP contribution in [0.5, 0.6) is 0 Å². The van der Waals surface area contributed by atoms with Crippen LogP contribution in [-0.2, 0) is 10.7 Å². The molecule has 2 nitrogen and oxygen atoms in total. The monoisotopic (exact) mass is 246 g/mol. The smallest absolute Gasteiger partial charge is 0.309 e. The summed E-state index contributed by atoms with van der Waals surface area (Å²) in [4.78, 5) is 10.8. The molecule has 0 radical (unpaired) electrons. The molecule has 0 spiro atoms. The van der Waals surface area contributed by atoms with Gasteiger partial charge < -0.3 is 5.11 Å². The molecule has 0 bridgehead atoms. The van der Waals surface area contributed by atoms with Gasteiger partial charge in [-0.25, -0.2) is 13.2 Å². The lowest BCUT2D eigenvalue weighted by Crippen LogP contribution is -2.31. The molecule has 0 aliphatic carbocycles. The van der Waals surface area contributed by atoms with E-state index in [-0.39, 0.29) is 5.56 Å². The molecule has 0 amide bonds. The van der Waals surface area contributed by atoms with E-state index in [0.29, 0.717) is 0 Å². The summed E-state index contributed by atoms with van der Waals surface area (Å²) in [6, 6.07) is 3.79. The first-order valence-electron chi connectivity index (χ1n) is 5.02. The van der Waals surface area contributed by atoms with Crippen LogP contribution in [0.2, 0.25) is 0 Å². The number of alkyl halides is 2. The van der Waals surface area contributed by atoms with Crippen molar-refractivity contribution < 1.29 is 23.1 Å². The van der Waals surface area contributed by atoms with Crippen molar-refractivity contribution in [2.24, 2.45) is 5.41 Å². The molecule has 94 valence electrons. The second kappa shape index (κ2) is 4.39. The number of carbonyl (C=O) groups is 1. The first kappa shape index (κ1) is 13.5. The average Bonchev–Trinajstić information content (AvgIpc) is 2.16. The Labute approximate surface area is 97.1 Å². The Morgan fingerprint density at radius 2 is 1.71 bits per heavy atom. The molecule has 0 aliphatic rings. The Bertz CT molecular complexity index is 410. The van der Waals surface area contributed by atoms with E-state index >= 15 is 0 Å². The lowest BCUT2D eigenvalue weighted by Gasteiger charge is -2.26. The van der Waals surface area contributed by atoms with Crippen LogP contribution in [0.3, 0.4) is 0 Å². The van der Waals surface area contributed by atoms with Crippen molar-refractivity contribution in [1.29, 1.82) is 0 Å². The second-order valence-corrected chi connectivity index (χ2v) is 4.58. The average molecular weight is 246 g/mol. The van der Waals surface area contributed by atoms with Crippen molar-refractivity contribution in [2.75, 3.05) is 0 Å². The minimum absolute atomic E-state index is 0.381. The number of hydrogen-bond acceptors (Lipinski definition) is 1. The lowest BCUT2D eigenvalue weighted by atomic mass is 9.84. The van der Waals surface area contributed by atoms with Gasteiger partial charge in [0.15, 0.2) is 0 Å². The molecule has 0 heterocycles. The Kier molecular flexibility index (Phi) is 3.50. The van der Waals surface area contributed by atoms with Gasteiger partial charge in [-0.2, -0.15) is 0 Å². The Morgan fingerprint density at radius 3 is 2.12 bits per heavy atom. The van der Waals surface area contributed by atoms with Gasteiger partial charge in [-0.1, -0.05) is 12.1 Å². The van der Waals surface area contributed by atoms with Gasteiger partial charge >= 0.3 is 5.97 Å². The van der Waals surface area contributed by atoms with Gasteiger partial charge in [0.2, 0.25) is 0 Å². The number of aliphatic carboxylic acids is 1. The Balaban J connectivity index is 2.96. The Morgan fingerprint density at radius 1 is 1.24 bits per heavy atom. The Hall–Kier alpha value is -1.52. The number of benzene rings is 1. The van der Waals surface area contributed by atoms with Gasteiger partial charge in [-0.05, 0) is 26.0 Å². The molecule has 0 aliphatic heterocycles. The first-order chi connectivity index (χ1) is 7.65. The minimum Gasteiger partial charge on any atom is -0.481 e. The molecule has 0 aromatic heterocycles. The summed E-state index contributed by atoms with van der Waals surface area (Å²) in [5.41, 5.74) is -1.93. The van der Waals surface area contributed by atoms with Gasteiger partial charge in [0.05, 0.1) is 5.41 Å². The molecule has 0 atom stereocenters. The zero-order valence-corrected chi connectivity index (χ0v) is 9.51. The third-order valence-electron chi connectivity index (χ3n) is 2.51. The van der Waals surface area contributed by atoms with E-state index in [2.05, 4.69) is 0 Å². The van der Waals surface area contributed by atoms with E-state index in [9.17, 15) is 18.0 Å². The summed E-state index contributed by atoms with van der Waals surface area (Å²) in [6.07, 6.45) is -0.832. The fraction of sp³-hybridized carbons (Fsp3) is 0.417. The van der Waals surface area contributed by atoms with Crippen LogP contribution in [0.25, 0.3) is 0 Å². The normalized spacial score (nSPS) is 12.5. The summed E-state index contributed by atoms with van der Waals surface area (Å²) >= 11 is 0. The molecular weight excluding hydrogens is 233 g/mol. The highest BCUT2D eigenvalue weighted by Crippen LogP contribution is 2.39. The fourth-order valence-corrected chi connectivity index (χ4v) is 1.43. The summed E-state index contributed by atoms with van der Waals surface area (Å²) in [7, 11) is 0. The highest BCUT2D eigenvalue weighted by Gasteiger charge is 2.42. The van der Waals surface area contributed by atoms with Crippen LogP contribution in [0.1, 0.15) is 25.8 Å². The molecule has 1 N–H and O–H groups in total. The third kappa shape index (κ3) is 3.22. The van der Waals surface area contributed by atoms with Crippen molar-refractivity contribution in [3.8, 4) is 0 Å². The highest BCUT2D eigenvalue weighted by molar-refractivity contribution is 5.73. The third-order valence-corrected chi connectivity index (χ3v) is 2.51. The van der Waals surface area contributed by atoms with E-state index in [4.69, 9.17) is 5.11 Å². The fourth-order valence-electron chi connectivity index (χ4n) is 1.43. The molecule has 0 fully saturated rings. The van der Waals surface area contributed by atoms with Crippen LogP contribution >= 0.6 is 0 Å². The molecule has 1 rings (SSSR count). The van der Waals surface area contributed by atoms with Gasteiger partial charge in [0, 0.05) is 12.0 Å². The van der Waals surface area contributed by atoms with Gasteiger partial charge in [-0.3, -0.25) is 4.79 Å². The number of rotatable bonds is 4. The van der Waals surface area contributed by atoms with Crippen LogP contribution in [0.4, 0.5) is 13.2 Å². The highest BCUT2D eigenvalue weighted by atomic mass is 19.3. The van der Waals surface area contributed by atoms with Crippen LogP contribution in [-0.4, -0.2) is 11.1 Å². The predicted octanol–water partition coefficient (Wildman–Crippen LogP) is 3.42. The zero-order valence-electron chi connectivity index (χ0n) is 9.51. The summed E-state index contributed by atoms with van der Waals surface area (Å²) in [6.45, 7) is 2.46. The van der Waals surface area contributed by atoms with Gasteiger partial charge in [0.25, 0.3) is 5.92 Å². The first-order valence-corrected chi connectivity index (χ1v) is 5.02. The van der Waals surface area contributed by atoms with E-state index in [0.717, 1.165) is 24.3 Å². The van der Waals surface area contributed by atoms with Gasteiger partial charge in [-0.15, -0.1) is 0 Å². The number of carboxylic acid groups (broad SMARTS) is 1. The van der Waals surface area contributed by atoms with E-state index in [1.807, 2.05) is 0 Å². The van der Waals surface area contributed by atoms with Crippen molar-refractivity contribution in [2.45, 2.75) is 26.2 Å². The molecule has 5 heteroatoms. The maximum Gasteiger partial charge on any atom is 0.309 e. The summed E-state index contributed by atoms with van der Waals surface area (Å²) in [5.74, 6) is -5.20.